The zero-order valence-corrected chi connectivity index (χ0v) is 11.8. The van der Waals surface area contributed by atoms with Crippen LogP contribution in [0.2, 0.25) is 0 Å². The minimum atomic E-state index is -0.392. The summed E-state index contributed by atoms with van der Waals surface area (Å²) in [5, 5.41) is 11.6. The molecule has 1 saturated heterocycles. The fourth-order valence-electron chi connectivity index (χ4n) is 2.18. The Balaban J connectivity index is 2.31. The molecule has 1 N–H and O–H groups in total. The monoisotopic (exact) mass is 283 g/mol. The molecule has 0 spiro atoms. The molecule has 1 fully saturated rings. The second-order valence-corrected chi connectivity index (χ2v) is 5.43. The normalized spacial score (nSPS) is 19.0. The van der Waals surface area contributed by atoms with Gasteiger partial charge in [-0.3, -0.25) is 4.79 Å². The molecule has 1 aromatic rings. The predicted octanol–water partition coefficient (Wildman–Crippen LogP) is 1.58. The van der Waals surface area contributed by atoms with Crippen LogP contribution in [0.15, 0.2) is 5.38 Å². The highest BCUT2D eigenvalue weighted by Gasteiger charge is 2.34. The van der Waals surface area contributed by atoms with Crippen LogP contribution in [0.25, 0.3) is 0 Å². The predicted molar refractivity (Wildman–Crippen MR) is 72.6 cm³/mol. The third-order valence-corrected chi connectivity index (χ3v) is 4.26. The van der Waals surface area contributed by atoms with Gasteiger partial charge >= 0.3 is 5.97 Å². The number of hydrogen-bond donors (Lipinski definition) is 1. The van der Waals surface area contributed by atoms with E-state index in [-0.39, 0.29) is 18.4 Å². The van der Waals surface area contributed by atoms with E-state index in [0.717, 1.165) is 5.56 Å². The third-order valence-electron chi connectivity index (χ3n) is 3.14. The quantitative estimate of drug-likeness (QED) is 0.852. The Kier molecular flexibility index (Phi) is 4.21. The van der Waals surface area contributed by atoms with Gasteiger partial charge in [0.05, 0.1) is 12.2 Å². The van der Waals surface area contributed by atoms with E-state index >= 15 is 0 Å². The molecule has 0 bridgehead atoms. The van der Waals surface area contributed by atoms with Crippen molar-refractivity contribution in [2.75, 3.05) is 24.7 Å². The summed E-state index contributed by atoms with van der Waals surface area (Å²) in [7, 11) is 0. The van der Waals surface area contributed by atoms with Gasteiger partial charge in [-0.05, 0) is 24.8 Å². The molecule has 1 unspecified atom stereocenters. The van der Waals surface area contributed by atoms with Gasteiger partial charge in [0, 0.05) is 25.5 Å². The lowest BCUT2D eigenvalue weighted by atomic mass is 10.1. The fraction of sp³-hybridized carbons (Fsp3) is 0.538. The van der Waals surface area contributed by atoms with E-state index in [2.05, 4.69) is 0 Å². The molecule has 1 aromatic heterocycles. The molecule has 6 heteroatoms. The smallest absolute Gasteiger partial charge is 0.341 e. The standard InChI is InChI=1S/C13H17NO4S/c1-3-18-13(17)11-8(2)7-19-12(11)14-5-9(6-15)4-10(14)16/h7,9,15H,3-6H2,1-2H3. The second-order valence-electron chi connectivity index (χ2n) is 4.58. The molecule has 19 heavy (non-hydrogen) atoms. The first-order valence-electron chi connectivity index (χ1n) is 6.24. The second kappa shape index (κ2) is 5.71. The minimum absolute atomic E-state index is 0.0126. The van der Waals surface area contributed by atoms with Gasteiger partial charge in [-0.1, -0.05) is 0 Å². The Morgan fingerprint density at radius 3 is 2.95 bits per heavy atom. The van der Waals surface area contributed by atoms with Crippen molar-refractivity contribution in [2.45, 2.75) is 20.3 Å². The number of carbonyl (C=O) groups excluding carboxylic acids is 2. The molecule has 2 rings (SSSR count). The van der Waals surface area contributed by atoms with Crippen LogP contribution in [-0.2, 0) is 9.53 Å². The minimum Gasteiger partial charge on any atom is -0.462 e. The van der Waals surface area contributed by atoms with Gasteiger partial charge in [0.25, 0.3) is 0 Å². The zero-order valence-electron chi connectivity index (χ0n) is 11.0. The molecule has 1 aliphatic rings. The number of amides is 1. The van der Waals surface area contributed by atoms with Crippen LogP contribution in [0.4, 0.5) is 5.00 Å². The van der Waals surface area contributed by atoms with Gasteiger partial charge in [-0.25, -0.2) is 4.79 Å². The van der Waals surface area contributed by atoms with Crippen molar-refractivity contribution in [1.29, 1.82) is 0 Å². The van der Waals surface area contributed by atoms with E-state index in [1.165, 1.54) is 11.3 Å². The van der Waals surface area contributed by atoms with Gasteiger partial charge in [-0.2, -0.15) is 0 Å². The summed E-state index contributed by atoms with van der Waals surface area (Å²) in [6.45, 7) is 4.34. The number of thiophene rings is 1. The number of aliphatic hydroxyl groups excluding tert-OH is 1. The van der Waals surface area contributed by atoms with Crippen LogP contribution in [0, 0.1) is 12.8 Å². The van der Waals surface area contributed by atoms with E-state index in [9.17, 15) is 9.59 Å². The zero-order chi connectivity index (χ0) is 14.0. The molecule has 0 saturated carbocycles. The number of nitrogens with zero attached hydrogens (tertiary/aromatic N) is 1. The lowest BCUT2D eigenvalue weighted by Crippen LogP contribution is -2.26. The number of hydrogen-bond acceptors (Lipinski definition) is 5. The number of carbonyl (C=O) groups is 2. The summed E-state index contributed by atoms with van der Waals surface area (Å²) in [5.74, 6) is -0.493. The molecule has 1 aliphatic heterocycles. The van der Waals surface area contributed by atoms with Gasteiger partial charge in [0.15, 0.2) is 0 Å². The van der Waals surface area contributed by atoms with Gasteiger partial charge in [-0.15, -0.1) is 11.3 Å². The fourth-order valence-corrected chi connectivity index (χ4v) is 3.25. The summed E-state index contributed by atoms with van der Waals surface area (Å²) < 4.78 is 5.04. The molecule has 2 heterocycles. The molecule has 1 amide bonds. The van der Waals surface area contributed by atoms with Crippen LogP contribution in [0.3, 0.4) is 0 Å². The van der Waals surface area contributed by atoms with Crippen LogP contribution in [0.1, 0.15) is 29.3 Å². The maximum Gasteiger partial charge on any atom is 0.341 e. The van der Waals surface area contributed by atoms with E-state index in [4.69, 9.17) is 9.84 Å². The van der Waals surface area contributed by atoms with Crippen molar-refractivity contribution in [1.82, 2.24) is 0 Å². The summed E-state index contributed by atoms with van der Waals surface area (Å²) in [4.78, 5) is 25.5. The van der Waals surface area contributed by atoms with Crippen molar-refractivity contribution in [3.63, 3.8) is 0 Å². The molecular weight excluding hydrogens is 266 g/mol. The van der Waals surface area contributed by atoms with Gasteiger partial charge < -0.3 is 14.7 Å². The number of esters is 1. The van der Waals surface area contributed by atoms with E-state index in [1.807, 2.05) is 12.3 Å². The summed E-state index contributed by atoms with van der Waals surface area (Å²) in [5.41, 5.74) is 1.29. The average Bonchev–Trinajstić information content (AvgIpc) is 2.92. The van der Waals surface area contributed by atoms with Crippen molar-refractivity contribution >= 4 is 28.2 Å². The molecular formula is C13H17NO4S. The molecule has 5 nitrogen and oxygen atoms in total. The molecule has 104 valence electrons. The first-order chi connectivity index (χ1) is 9.08. The maximum absolute atomic E-state index is 12.0. The molecule has 0 aromatic carbocycles. The van der Waals surface area contributed by atoms with Crippen molar-refractivity contribution in [2.24, 2.45) is 5.92 Å². The van der Waals surface area contributed by atoms with Crippen LogP contribution in [0.5, 0.6) is 0 Å². The van der Waals surface area contributed by atoms with Crippen molar-refractivity contribution in [3.05, 3.63) is 16.5 Å². The summed E-state index contributed by atoms with van der Waals surface area (Å²) in [6, 6.07) is 0. The Bertz CT molecular complexity index is 497. The lowest BCUT2D eigenvalue weighted by molar-refractivity contribution is -0.117. The third kappa shape index (κ3) is 2.64. The molecule has 0 aliphatic carbocycles. The van der Waals surface area contributed by atoms with Gasteiger partial charge in [0.1, 0.15) is 5.00 Å². The highest BCUT2D eigenvalue weighted by Crippen LogP contribution is 2.35. The Morgan fingerprint density at radius 1 is 1.63 bits per heavy atom. The topological polar surface area (TPSA) is 66.8 Å². The number of anilines is 1. The summed E-state index contributed by atoms with van der Waals surface area (Å²) in [6.07, 6.45) is 0.329. The summed E-state index contributed by atoms with van der Waals surface area (Å²) >= 11 is 1.37. The van der Waals surface area contributed by atoms with Crippen LogP contribution >= 0.6 is 11.3 Å². The first kappa shape index (κ1) is 14.0. The highest BCUT2D eigenvalue weighted by molar-refractivity contribution is 7.15. The number of ether oxygens (including phenoxy) is 1. The highest BCUT2D eigenvalue weighted by atomic mass is 32.1. The molecule has 1 atom stereocenters. The Morgan fingerprint density at radius 2 is 2.37 bits per heavy atom. The molecule has 0 radical (unpaired) electrons. The maximum atomic E-state index is 12.0. The van der Waals surface area contributed by atoms with Crippen molar-refractivity contribution < 1.29 is 19.4 Å². The first-order valence-corrected chi connectivity index (χ1v) is 7.12. The van der Waals surface area contributed by atoms with E-state index in [1.54, 1.807) is 11.8 Å². The Labute approximate surface area is 115 Å². The van der Waals surface area contributed by atoms with Crippen molar-refractivity contribution in [3.8, 4) is 0 Å². The number of aryl methyl sites for hydroxylation is 1. The lowest BCUT2D eigenvalue weighted by Gasteiger charge is -2.16. The number of aliphatic hydroxyl groups is 1. The largest absolute Gasteiger partial charge is 0.462 e. The van der Waals surface area contributed by atoms with E-state index in [0.29, 0.717) is 30.1 Å². The van der Waals surface area contributed by atoms with Crippen LogP contribution < -0.4 is 4.90 Å². The van der Waals surface area contributed by atoms with Gasteiger partial charge in [0.2, 0.25) is 5.91 Å². The number of rotatable bonds is 4. The average molecular weight is 283 g/mol. The van der Waals surface area contributed by atoms with E-state index < -0.39 is 5.97 Å². The SMILES string of the molecule is CCOC(=O)c1c(C)csc1N1CC(CO)CC1=O. The Hall–Kier alpha value is -1.40. The van der Waals surface area contributed by atoms with Crippen LogP contribution in [-0.4, -0.2) is 36.7 Å².